The van der Waals surface area contributed by atoms with Crippen molar-refractivity contribution in [3.63, 3.8) is 0 Å². The van der Waals surface area contributed by atoms with Crippen molar-refractivity contribution in [1.82, 2.24) is 4.72 Å². The molecule has 10 heteroatoms. The number of hydrogen-bond acceptors (Lipinski definition) is 4. The van der Waals surface area contributed by atoms with Gasteiger partial charge in [-0.3, -0.25) is 9.59 Å². The van der Waals surface area contributed by atoms with Crippen molar-refractivity contribution in [3.8, 4) is 0 Å². The van der Waals surface area contributed by atoms with Gasteiger partial charge in [0, 0.05) is 10.9 Å². The number of halogens is 2. The first-order valence-electron chi connectivity index (χ1n) is 5.62. The van der Waals surface area contributed by atoms with E-state index >= 15 is 0 Å². The normalized spacial score (nSPS) is 12.9. The molecule has 0 aliphatic rings. The lowest BCUT2D eigenvalue weighted by Crippen LogP contribution is -2.41. The summed E-state index contributed by atoms with van der Waals surface area (Å²) in [6, 6.07) is 2.40. The van der Waals surface area contributed by atoms with E-state index in [1.807, 2.05) is 4.72 Å². The zero-order chi connectivity index (χ0) is 16.2. The molecule has 1 aromatic carbocycles. The quantitative estimate of drug-likeness (QED) is 0.633. The standard InChI is InChI=1S/C11H12BrClN2O5S/c12-7-5-6(1-2-8(7)13)21(19,20)15-9(11(17)18)3-4-10(14)16/h1-2,5,9,15H,3-4H2,(H2,14,16)(H,17,18). The summed E-state index contributed by atoms with van der Waals surface area (Å²) in [5, 5.41) is 9.30. The maximum Gasteiger partial charge on any atom is 0.321 e. The van der Waals surface area contributed by atoms with E-state index in [1.54, 1.807) is 0 Å². The van der Waals surface area contributed by atoms with Gasteiger partial charge in [0.1, 0.15) is 6.04 Å². The van der Waals surface area contributed by atoms with Gasteiger partial charge in [0.15, 0.2) is 0 Å². The van der Waals surface area contributed by atoms with Crippen molar-refractivity contribution < 1.29 is 23.1 Å². The molecule has 7 nitrogen and oxygen atoms in total. The Hall–Kier alpha value is -1.16. The maximum absolute atomic E-state index is 12.1. The summed E-state index contributed by atoms with van der Waals surface area (Å²) < 4.78 is 26.6. The Bertz CT molecular complexity index is 665. The molecular formula is C11H12BrClN2O5S. The van der Waals surface area contributed by atoms with Gasteiger partial charge in [0.25, 0.3) is 0 Å². The second-order valence-corrected chi connectivity index (χ2v) is 7.07. The fourth-order valence-electron chi connectivity index (χ4n) is 1.42. The van der Waals surface area contributed by atoms with Crippen LogP contribution in [-0.2, 0) is 19.6 Å². The van der Waals surface area contributed by atoms with Gasteiger partial charge in [-0.1, -0.05) is 11.6 Å². The number of benzene rings is 1. The Balaban J connectivity index is 2.97. The molecule has 0 saturated heterocycles. The third-order valence-corrected chi connectivity index (χ3v) is 5.16. The fraction of sp³-hybridized carbons (Fsp3) is 0.273. The lowest BCUT2D eigenvalue weighted by Gasteiger charge is -2.14. The highest BCUT2D eigenvalue weighted by atomic mass is 79.9. The summed E-state index contributed by atoms with van der Waals surface area (Å²) in [5.41, 5.74) is 4.92. The third-order valence-electron chi connectivity index (χ3n) is 2.48. The number of carboxylic acid groups (broad SMARTS) is 1. The van der Waals surface area contributed by atoms with E-state index < -0.39 is 27.9 Å². The summed E-state index contributed by atoms with van der Waals surface area (Å²) in [5.74, 6) is -2.11. The summed E-state index contributed by atoms with van der Waals surface area (Å²) in [7, 11) is -4.06. The Morgan fingerprint density at radius 2 is 2.05 bits per heavy atom. The van der Waals surface area contributed by atoms with Crippen LogP contribution in [0.4, 0.5) is 0 Å². The maximum atomic E-state index is 12.1. The summed E-state index contributed by atoms with van der Waals surface area (Å²) >= 11 is 8.85. The molecule has 21 heavy (non-hydrogen) atoms. The Labute approximate surface area is 134 Å². The van der Waals surface area contributed by atoms with Crippen LogP contribution in [0.2, 0.25) is 5.02 Å². The average Bonchev–Trinajstić information content (AvgIpc) is 2.37. The molecular weight excluding hydrogens is 388 g/mol. The molecule has 0 bridgehead atoms. The van der Waals surface area contributed by atoms with Crippen LogP contribution in [0.25, 0.3) is 0 Å². The van der Waals surface area contributed by atoms with Gasteiger partial charge in [-0.05, 0) is 40.5 Å². The largest absolute Gasteiger partial charge is 0.480 e. The molecule has 0 heterocycles. The van der Waals surface area contributed by atoms with Crippen LogP contribution in [0.1, 0.15) is 12.8 Å². The minimum absolute atomic E-state index is 0.149. The van der Waals surface area contributed by atoms with Crippen LogP contribution in [0.3, 0.4) is 0 Å². The predicted octanol–water partition coefficient (Wildman–Crippen LogP) is 1.10. The highest BCUT2D eigenvalue weighted by molar-refractivity contribution is 9.10. The molecule has 0 aliphatic heterocycles. The summed E-state index contributed by atoms with van der Waals surface area (Å²) in [6.45, 7) is 0. The summed E-state index contributed by atoms with van der Waals surface area (Å²) in [4.78, 5) is 21.6. The van der Waals surface area contributed by atoms with Crippen LogP contribution in [0.5, 0.6) is 0 Å². The second kappa shape index (κ2) is 7.21. The minimum Gasteiger partial charge on any atom is -0.480 e. The van der Waals surface area contributed by atoms with Crippen LogP contribution in [0.15, 0.2) is 27.6 Å². The number of amides is 1. The van der Waals surface area contributed by atoms with Crippen LogP contribution in [-0.4, -0.2) is 31.4 Å². The van der Waals surface area contributed by atoms with Gasteiger partial charge in [-0.25, -0.2) is 8.42 Å². The van der Waals surface area contributed by atoms with Gasteiger partial charge in [0.05, 0.1) is 9.92 Å². The van der Waals surface area contributed by atoms with Gasteiger partial charge in [0.2, 0.25) is 15.9 Å². The highest BCUT2D eigenvalue weighted by Gasteiger charge is 2.26. The molecule has 1 atom stereocenters. The zero-order valence-corrected chi connectivity index (χ0v) is 13.7. The van der Waals surface area contributed by atoms with Crippen molar-refractivity contribution in [2.45, 2.75) is 23.8 Å². The SMILES string of the molecule is NC(=O)CCC(NS(=O)(=O)c1ccc(Cl)c(Br)c1)C(=O)O. The van der Waals surface area contributed by atoms with Gasteiger partial charge < -0.3 is 10.8 Å². The van der Waals surface area contributed by atoms with Crippen LogP contribution < -0.4 is 10.5 Å². The molecule has 1 rings (SSSR count). The van der Waals surface area contributed by atoms with Crippen molar-refractivity contribution in [2.24, 2.45) is 5.73 Å². The number of carbonyl (C=O) groups excluding carboxylic acids is 1. The first-order valence-corrected chi connectivity index (χ1v) is 8.27. The third kappa shape index (κ3) is 5.27. The zero-order valence-electron chi connectivity index (χ0n) is 10.5. The Kier molecular flexibility index (Phi) is 6.14. The smallest absolute Gasteiger partial charge is 0.321 e. The first-order chi connectivity index (χ1) is 9.63. The van der Waals surface area contributed by atoms with Crippen molar-refractivity contribution in [2.75, 3.05) is 0 Å². The van der Waals surface area contributed by atoms with E-state index in [9.17, 15) is 18.0 Å². The minimum atomic E-state index is -4.06. The summed E-state index contributed by atoms with van der Waals surface area (Å²) in [6.07, 6.45) is -0.484. The van der Waals surface area contributed by atoms with Crippen LogP contribution in [0, 0.1) is 0 Å². The number of primary amides is 1. The molecule has 1 unspecified atom stereocenters. The van der Waals surface area contributed by atoms with Crippen LogP contribution >= 0.6 is 27.5 Å². The molecule has 0 spiro atoms. The fourth-order valence-corrected chi connectivity index (χ4v) is 3.32. The van der Waals surface area contributed by atoms with Gasteiger partial charge in [-0.2, -0.15) is 4.72 Å². The lowest BCUT2D eigenvalue weighted by atomic mass is 10.2. The number of aliphatic carboxylic acids is 1. The molecule has 4 N–H and O–H groups in total. The second-order valence-electron chi connectivity index (χ2n) is 4.09. The molecule has 0 aromatic heterocycles. The molecule has 0 aliphatic carbocycles. The van der Waals surface area contributed by atoms with E-state index in [0.29, 0.717) is 9.50 Å². The molecule has 0 radical (unpaired) electrons. The lowest BCUT2D eigenvalue weighted by molar-refractivity contribution is -0.139. The number of sulfonamides is 1. The van der Waals surface area contributed by atoms with Gasteiger partial charge >= 0.3 is 5.97 Å². The van der Waals surface area contributed by atoms with Crippen molar-refractivity contribution in [1.29, 1.82) is 0 Å². The number of hydrogen-bond donors (Lipinski definition) is 3. The van der Waals surface area contributed by atoms with E-state index in [-0.39, 0.29) is 17.7 Å². The van der Waals surface area contributed by atoms with E-state index in [2.05, 4.69) is 15.9 Å². The molecule has 0 saturated carbocycles. The number of nitrogens with one attached hydrogen (secondary N) is 1. The van der Waals surface area contributed by atoms with E-state index in [0.717, 1.165) is 0 Å². The highest BCUT2D eigenvalue weighted by Crippen LogP contribution is 2.25. The Morgan fingerprint density at radius 1 is 1.43 bits per heavy atom. The predicted molar refractivity (Wildman–Crippen MR) is 79.3 cm³/mol. The van der Waals surface area contributed by atoms with E-state index in [4.69, 9.17) is 22.4 Å². The first kappa shape index (κ1) is 17.9. The van der Waals surface area contributed by atoms with Crippen molar-refractivity contribution >= 4 is 49.4 Å². The average molecular weight is 400 g/mol. The number of carboxylic acids is 1. The topological polar surface area (TPSA) is 127 Å². The van der Waals surface area contributed by atoms with Gasteiger partial charge in [-0.15, -0.1) is 0 Å². The molecule has 0 fully saturated rings. The molecule has 1 aromatic rings. The number of carbonyl (C=O) groups is 2. The number of nitrogens with two attached hydrogens (primary N) is 1. The number of rotatable bonds is 7. The molecule has 1 amide bonds. The monoisotopic (exact) mass is 398 g/mol. The molecule has 116 valence electrons. The Morgan fingerprint density at radius 3 is 2.52 bits per heavy atom. The van der Waals surface area contributed by atoms with E-state index in [1.165, 1.54) is 18.2 Å². The van der Waals surface area contributed by atoms with Crippen molar-refractivity contribution in [3.05, 3.63) is 27.7 Å².